The van der Waals surface area contributed by atoms with Crippen LogP contribution >= 0.6 is 0 Å². The lowest BCUT2D eigenvalue weighted by atomic mass is 10.1. The number of nitrogens with zero attached hydrogens (tertiary/aromatic N) is 2. The molecule has 0 aliphatic carbocycles. The molecule has 6 nitrogen and oxygen atoms in total. The van der Waals surface area contributed by atoms with Gasteiger partial charge in [0.05, 0.1) is 12.1 Å². The highest BCUT2D eigenvalue weighted by atomic mass is 16.6. The molecule has 0 aliphatic heterocycles. The van der Waals surface area contributed by atoms with Gasteiger partial charge in [0.25, 0.3) is 0 Å². The van der Waals surface area contributed by atoms with E-state index >= 15 is 0 Å². The lowest BCUT2D eigenvalue weighted by Crippen LogP contribution is -2.12. The van der Waals surface area contributed by atoms with Crippen molar-refractivity contribution in [2.24, 2.45) is 5.16 Å². The van der Waals surface area contributed by atoms with E-state index in [9.17, 15) is 9.90 Å². The van der Waals surface area contributed by atoms with Crippen LogP contribution < -0.4 is 4.74 Å². The van der Waals surface area contributed by atoms with E-state index in [4.69, 9.17) is 9.57 Å². The van der Waals surface area contributed by atoms with E-state index in [-0.39, 0.29) is 5.56 Å². The highest BCUT2D eigenvalue weighted by molar-refractivity contribution is 6.05. The molecule has 31 heavy (non-hydrogen) atoms. The Hall–Kier alpha value is -4.06. The van der Waals surface area contributed by atoms with Gasteiger partial charge in [-0.15, -0.1) is 0 Å². The number of fused-ring (bicyclic) bond motifs is 1. The van der Waals surface area contributed by atoms with Crippen LogP contribution in [0.5, 0.6) is 11.5 Å². The molecule has 0 bridgehead atoms. The molecule has 3 aromatic carbocycles. The summed E-state index contributed by atoms with van der Waals surface area (Å²) >= 11 is 0. The number of ether oxygens (including phenoxy) is 1. The number of benzene rings is 3. The van der Waals surface area contributed by atoms with Crippen LogP contribution in [-0.2, 0) is 11.4 Å². The maximum Gasteiger partial charge on any atom is 0.337 e. The van der Waals surface area contributed by atoms with Gasteiger partial charge in [-0.25, -0.2) is 4.79 Å². The minimum Gasteiger partial charge on any atom is -0.478 e. The zero-order chi connectivity index (χ0) is 21.6. The smallest absolute Gasteiger partial charge is 0.337 e. The number of hydrogen-bond donors (Lipinski definition) is 1. The van der Waals surface area contributed by atoms with E-state index < -0.39 is 5.97 Å². The molecule has 156 valence electrons. The first-order valence-corrected chi connectivity index (χ1v) is 9.99. The SMILES string of the molecule is CCON=C(Cn1cc(C(=O)O)c2ccccc21)c1cccc(Oc2ccccc2)c1. The van der Waals surface area contributed by atoms with Crippen LogP contribution in [0, 0.1) is 0 Å². The Morgan fingerprint density at radius 2 is 1.71 bits per heavy atom. The van der Waals surface area contributed by atoms with Crippen molar-refractivity contribution in [2.45, 2.75) is 13.5 Å². The van der Waals surface area contributed by atoms with Crippen molar-refractivity contribution in [3.63, 3.8) is 0 Å². The predicted octanol–water partition coefficient (Wildman–Crippen LogP) is 5.57. The van der Waals surface area contributed by atoms with Crippen LogP contribution in [0.4, 0.5) is 0 Å². The molecule has 0 saturated carbocycles. The van der Waals surface area contributed by atoms with Gasteiger partial charge in [0.1, 0.15) is 23.8 Å². The number of rotatable bonds is 8. The van der Waals surface area contributed by atoms with Crippen LogP contribution in [0.1, 0.15) is 22.8 Å². The predicted molar refractivity (Wildman–Crippen MR) is 120 cm³/mol. The molecule has 4 rings (SSSR count). The first kappa shape index (κ1) is 20.2. The minimum absolute atomic E-state index is 0.257. The van der Waals surface area contributed by atoms with Crippen molar-refractivity contribution in [2.75, 3.05) is 6.61 Å². The molecule has 0 fully saturated rings. The molecule has 0 saturated heterocycles. The monoisotopic (exact) mass is 414 g/mol. The second-order valence-corrected chi connectivity index (χ2v) is 6.89. The Labute approximate surface area is 180 Å². The summed E-state index contributed by atoms with van der Waals surface area (Å²) in [4.78, 5) is 17.1. The Morgan fingerprint density at radius 3 is 2.48 bits per heavy atom. The first-order chi connectivity index (χ1) is 15.2. The van der Waals surface area contributed by atoms with E-state index in [0.717, 1.165) is 16.8 Å². The summed E-state index contributed by atoms with van der Waals surface area (Å²) in [5.41, 5.74) is 2.57. The number of aromatic carboxylic acids is 1. The molecular formula is C25H22N2O4. The first-order valence-electron chi connectivity index (χ1n) is 9.99. The highest BCUT2D eigenvalue weighted by Crippen LogP contribution is 2.25. The van der Waals surface area contributed by atoms with E-state index in [1.165, 1.54) is 0 Å². The van der Waals surface area contributed by atoms with Gasteiger partial charge in [0.15, 0.2) is 0 Å². The maximum absolute atomic E-state index is 11.7. The Kier molecular flexibility index (Phi) is 5.98. The van der Waals surface area contributed by atoms with E-state index in [1.807, 2.05) is 90.4 Å². The second-order valence-electron chi connectivity index (χ2n) is 6.89. The average Bonchev–Trinajstić information content (AvgIpc) is 3.16. The summed E-state index contributed by atoms with van der Waals surface area (Å²) in [6, 6.07) is 24.6. The number of carboxylic acids is 1. The summed E-state index contributed by atoms with van der Waals surface area (Å²) in [5.74, 6) is 0.457. The maximum atomic E-state index is 11.7. The Bertz CT molecular complexity index is 1230. The van der Waals surface area contributed by atoms with Gasteiger partial charge in [-0.2, -0.15) is 0 Å². The fraction of sp³-hybridized carbons (Fsp3) is 0.120. The number of carbonyl (C=O) groups is 1. The summed E-state index contributed by atoms with van der Waals surface area (Å²) in [5, 5.41) is 14.6. The van der Waals surface area contributed by atoms with Crippen LogP contribution in [0.2, 0.25) is 0 Å². The van der Waals surface area contributed by atoms with Gasteiger partial charge in [0.2, 0.25) is 0 Å². The molecule has 0 atom stereocenters. The fourth-order valence-corrected chi connectivity index (χ4v) is 3.39. The van der Waals surface area contributed by atoms with Gasteiger partial charge in [-0.3, -0.25) is 0 Å². The third-order valence-electron chi connectivity index (χ3n) is 4.79. The Balaban J connectivity index is 1.69. The van der Waals surface area contributed by atoms with Gasteiger partial charge >= 0.3 is 5.97 Å². The fourth-order valence-electron chi connectivity index (χ4n) is 3.39. The molecule has 4 aromatic rings. The molecule has 1 aromatic heterocycles. The van der Waals surface area contributed by atoms with E-state index in [2.05, 4.69) is 5.16 Å². The van der Waals surface area contributed by atoms with Gasteiger partial charge in [-0.05, 0) is 37.3 Å². The number of oxime groups is 1. The van der Waals surface area contributed by atoms with Crippen molar-refractivity contribution in [1.29, 1.82) is 0 Å². The molecule has 6 heteroatoms. The zero-order valence-corrected chi connectivity index (χ0v) is 17.1. The quantitative estimate of drug-likeness (QED) is 0.302. The lowest BCUT2D eigenvalue weighted by Gasteiger charge is -2.11. The zero-order valence-electron chi connectivity index (χ0n) is 17.1. The molecule has 1 N–H and O–H groups in total. The summed E-state index contributed by atoms with van der Waals surface area (Å²) in [6.45, 7) is 2.64. The van der Waals surface area contributed by atoms with E-state index in [0.29, 0.717) is 30.0 Å². The number of aromatic nitrogens is 1. The third-order valence-corrected chi connectivity index (χ3v) is 4.79. The lowest BCUT2D eigenvalue weighted by molar-refractivity contribution is 0.0699. The topological polar surface area (TPSA) is 73.1 Å². The van der Waals surface area contributed by atoms with Gasteiger partial charge in [0, 0.05) is 22.7 Å². The van der Waals surface area contributed by atoms with Crippen molar-refractivity contribution < 1.29 is 19.5 Å². The number of para-hydroxylation sites is 2. The second kappa shape index (κ2) is 9.17. The van der Waals surface area contributed by atoms with Crippen LogP contribution in [0.25, 0.3) is 10.9 Å². The minimum atomic E-state index is -0.962. The van der Waals surface area contributed by atoms with Gasteiger partial charge < -0.3 is 19.2 Å². The van der Waals surface area contributed by atoms with Crippen LogP contribution in [-0.4, -0.2) is 28.0 Å². The van der Waals surface area contributed by atoms with Crippen molar-refractivity contribution in [3.05, 3.63) is 96.2 Å². The largest absolute Gasteiger partial charge is 0.478 e. The van der Waals surface area contributed by atoms with Crippen molar-refractivity contribution >= 4 is 22.6 Å². The average molecular weight is 414 g/mol. The number of hydrogen-bond acceptors (Lipinski definition) is 4. The highest BCUT2D eigenvalue weighted by Gasteiger charge is 2.16. The standard InChI is InChI=1S/C25H22N2O4/c1-2-30-26-23(17-27-16-22(25(28)29)21-13-6-7-14-24(21)27)18-9-8-12-20(15-18)31-19-10-4-3-5-11-19/h3-16H,2,17H2,1H3,(H,28,29). The summed E-state index contributed by atoms with van der Waals surface area (Å²) in [6.07, 6.45) is 1.64. The molecule has 0 unspecified atom stereocenters. The summed E-state index contributed by atoms with van der Waals surface area (Å²) in [7, 11) is 0. The van der Waals surface area contributed by atoms with Gasteiger partial charge in [-0.1, -0.05) is 53.7 Å². The molecule has 0 aliphatic rings. The molecular weight excluding hydrogens is 392 g/mol. The Morgan fingerprint density at radius 1 is 0.968 bits per heavy atom. The molecule has 0 spiro atoms. The third kappa shape index (κ3) is 4.59. The summed E-state index contributed by atoms with van der Waals surface area (Å²) < 4.78 is 7.83. The van der Waals surface area contributed by atoms with Crippen LogP contribution in [0.15, 0.2) is 90.2 Å². The van der Waals surface area contributed by atoms with E-state index in [1.54, 1.807) is 6.20 Å². The number of carboxylic acid groups (broad SMARTS) is 1. The molecule has 0 radical (unpaired) electrons. The molecule has 0 amide bonds. The molecule has 1 heterocycles. The van der Waals surface area contributed by atoms with Crippen molar-refractivity contribution in [1.82, 2.24) is 4.57 Å². The van der Waals surface area contributed by atoms with Crippen LogP contribution in [0.3, 0.4) is 0 Å². The normalized spacial score (nSPS) is 11.5. The van der Waals surface area contributed by atoms with Crippen molar-refractivity contribution in [3.8, 4) is 11.5 Å².